The minimum absolute atomic E-state index is 0.0959. The summed E-state index contributed by atoms with van der Waals surface area (Å²) < 4.78 is 9.75. The molecule has 1 atom stereocenters. The third-order valence-electron chi connectivity index (χ3n) is 6.59. The van der Waals surface area contributed by atoms with Crippen LogP contribution in [0.2, 0.25) is 0 Å². The molecule has 5 heterocycles. The van der Waals surface area contributed by atoms with E-state index in [0.29, 0.717) is 30.7 Å². The number of benzene rings is 1. The molecule has 4 aromatic rings. The van der Waals surface area contributed by atoms with Crippen molar-refractivity contribution in [2.24, 2.45) is 10.7 Å². The van der Waals surface area contributed by atoms with Crippen molar-refractivity contribution in [3.8, 4) is 23.3 Å². The van der Waals surface area contributed by atoms with E-state index in [1.54, 1.807) is 17.7 Å². The first kappa shape index (κ1) is 22.6. The van der Waals surface area contributed by atoms with Gasteiger partial charge in [0.1, 0.15) is 11.3 Å². The number of nitrogens with zero attached hydrogens (tertiary/aromatic N) is 5. The lowest BCUT2D eigenvalue weighted by Crippen LogP contribution is -2.44. The molecule has 1 aromatic carbocycles. The van der Waals surface area contributed by atoms with Crippen LogP contribution in [0.5, 0.6) is 11.5 Å². The molecule has 36 heavy (non-hydrogen) atoms. The average Bonchev–Trinajstić information content (AvgIpc) is 3.45. The molecule has 0 saturated carbocycles. The van der Waals surface area contributed by atoms with Gasteiger partial charge in [-0.3, -0.25) is 9.36 Å². The van der Waals surface area contributed by atoms with E-state index in [2.05, 4.69) is 16.7 Å². The second-order valence-corrected chi connectivity index (χ2v) is 9.90. The molecule has 0 aliphatic carbocycles. The van der Waals surface area contributed by atoms with Crippen molar-refractivity contribution < 1.29 is 4.74 Å². The zero-order valence-corrected chi connectivity index (χ0v) is 20.8. The standard InChI is InChI=1S/C27H26N6O2S/c1-2-3-13-33-24-20(30-27(33)32-12-6-7-18(28)16-32)10-14-31(26(24)34)17-21-19-8-4-5-9-22(19)35-23-11-15-36-25(23)29-21/h4-5,8-11,14-15,18H,6-7,12-13,16-17,28H2,1H3. The van der Waals surface area contributed by atoms with Crippen LogP contribution in [0.25, 0.3) is 11.0 Å². The summed E-state index contributed by atoms with van der Waals surface area (Å²) in [5, 5.41) is 2.75. The molecular formula is C27H26N6O2S. The van der Waals surface area contributed by atoms with E-state index in [0.717, 1.165) is 53.1 Å². The number of rotatable bonds is 4. The number of thiophene rings is 1. The normalized spacial score (nSPS) is 16.9. The maximum absolute atomic E-state index is 13.9. The second kappa shape index (κ2) is 9.30. The number of aromatic nitrogens is 3. The van der Waals surface area contributed by atoms with Gasteiger partial charge in [0, 0.05) is 30.9 Å². The lowest BCUT2D eigenvalue weighted by Gasteiger charge is -2.31. The molecule has 1 fully saturated rings. The Morgan fingerprint density at radius 3 is 2.97 bits per heavy atom. The van der Waals surface area contributed by atoms with Gasteiger partial charge in [-0.25, -0.2) is 9.98 Å². The minimum Gasteiger partial charge on any atom is -0.453 e. The van der Waals surface area contributed by atoms with Crippen LogP contribution in [0, 0.1) is 11.8 Å². The minimum atomic E-state index is -0.123. The summed E-state index contributed by atoms with van der Waals surface area (Å²) in [5.41, 5.74) is 8.98. The number of piperidine rings is 1. The Bertz CT molecular complexity index is 1600. The number of nitrogens with two attached hydrogens (primary N) is 1. The van der Waals surface area contributed by atoms with Crippen LogP contribution < -0.4 is 20.9 Å². The van der Waals surface area contributed by atoms with Gasteiger partial charge in [-0.1, -0.05) is 18.1 Å². The highest BCUT2D eigenvalue weighted by atomic mass is 32.1. The van der Waals surface area contributed by atoms with Gasteiger partial charge < -0.3 is 19.9 Å². The van der Waals surface area contributed by atoms with E-state index >= 15 is 0 Å². The monoisotopic (exact) mass is 498 g/mol. The molecule has 8 nitrogen and oxygen atoms in total. The summed E-state index contributed by atoms with van der Waals surface area (Å²) in [7, 11) is 0. The van der Waals surface area contributed by atoms with Crippen molar-refractivity contribution in [1.29, 1.82) is 0 Å². The van der Waals surface area contributed by atoms with E-state index in [-0.39, 0.29) is 11.6 Å². The van der Waals surface area contributed by atoms with E-state index in [1.165, 1.54) is 11.3 Å². The summed E-state index contributed by atoms with van der Waals surface area (Å²) >= 11 is 1.52. The highest BCUT2D eigenvalue weighted by Crippen LogP contribution is 2.41. The Morgan fingerprint density at radius 1 is 1.22 bits per heavy atom. The molecule has 182 valence electrons. The molecule has 0 bridgehead atoms. The number of aliphatic imine (C=N–C) groups is 1. The van der Waals surface area contributed by atoms with Crippen LogP contribution in [-0.2, 0) is 13.1 Å². The van der Waals surface area contributed by atoms with Crippen molar-refractivity contribution in [3.05, 3.63) is 63.9 Å². The Labute approximate surface area is 212 Å². The number of ether oxygens (including phenoxy) is 1. The highest BCUT2D eigenvalue weighted by Gasteiger charge is 2.25. The summed E-state index contributed by atoms with van der Waals surface area (Å²) in [6, 6.07) is 11.7. The Hall–Kier alpha value is -3.87. The van der Waals surface area contributed by atoms with E-state index in [9.17, 15) is 4.79 Å². The molecule has 3 aromatic heterocycles. The van der Waals surface area contributed by atoms with Gasteiger partial charge in [0.25, 0.3) is 5.56 Å². The molecule has 1 unspecified atom stereocenters. The zero-order chi connectivity index (χ0) is 24.6. The number of fused-ring (bicyclic) bond motifs is 3. The predicted octanol–water partition coefficient (Wildman–Crippen LogP) is 4.14. The van der Waals surface area contributed by atoms with Crippen LogP contribution >= 0.6 is 11.3 Å². The van der Waals surface area contributed by atoms with Gasteiger partial charge in [-0.15, -0.1) is 17.3 Å². The SMILES string of the molecule is CC#CCn1c(N2CCCC(N)C2)nc2ccn(CC3=Nc4sccc4Oc4ccccc43)c(=O)c21. The number of pyridine rings is 1. The quantitative estimate of drug-likeness (QED) is 0.427. The summed E-state index contributed by atoms with van der Waals surface area (Å²) in [6.07, 6.45) is 3.79. The molecular weight excluding hydrogens is 472 g/mol. The smallest absolute Gasteiger partial charge is 0.277 e. The number of hydrogen-bond acceptors (Lipinski definition) is 7. The lowest BCUT2D eigenvalue weighted by atomic mass is 10.1. The lowest BCUT2D eigenvalue weighted by molar-refractivity contribution is 0.486. The first-order valence-corrected chi connectivity index (χ1v) is 12.9. The third-order valence-corrected chi connectivity index (χ3v) is 7.38. The van der Waals surface area contributed by atoms with Crippen molar-refractivity contribution in [2.45, 2.75) is 38.9 Å². The van der Waals surface area contributed by atoms with Crippen LogP contribution in [0.3, 0.4) is 0 Å². The van der Waals surface area contributed by atoms with Crippen molar-refractivity contribution in [1.82, 2.24) is 14.1 Å². The zero-order valence-electron chi connectivity index (χ0n) is 20.0. The second-order valence-electron chi connectivity index (χ2n) is 9.00. The van der Waals surface area contributed by atoms with Crippen LogP contribution in [-0.4, -0.2) is 39.0 Å². The van der Waals surface area contributed by atoms with E-state index < -0.39 is 0 Å². The number of anilines is 1. The summed E-state index contributed by atoms with van der Waals surface area (Å²) in [6.45, 7) is 4.08. The summed E-state index contributed by atoms with van der Waals surface area (Å²) in [4.78, 5) is 25.8. The Balaban J connectivity index is 1.46. The topological polar surface area (TPSA) is 90.7 Å². The van der Waals surface area contributed by atoms with Gasteiger partial charge in [0.15, 0.2) is 10.8 Å². The maximum atomic E-state index is 13.9. The first-order valence-electron chi connectivity index (χ1n) is 12.0. The Kier molecular flexibility index (Phi) is 5.83. The van der Waals surface area contributed by atoms with Gasteiger partial charge in [-0.05, 0) is 49.4 Å². The fraction of sp³-hybridized carbons (Fsp3) is 0.296. The predicted molar refractivity (Wildman–Crippen MR) is 144 cm³/mol. The number of hydrogen-bond donors (Lipinski definition) is 1. The molecule has 2 aliphatic rings. The van der Waals surface area contributed by atoms with Crippen LogP contribution in [0.1, 0.15) is 25.3 Å². The molecule has 0 spiro atoms. The van der Waals surface area contributed by atoms with Gasteiger partial charge in [0.2, 0.25) is 5.95 Å². The number of para-hydroxylation sites is 1. The highest BCUT2D eigenvalue weighted by molar-refractivity contribution is 7.14. The molecule has 0 amide bonds. The maximum Gasteiger partial charge on any atom is 0.277 e. The molecule has 1 saturated heterocycles. The molecule has 2 N–H and O–H groups in total. The van der Waals surface area contributed by atoms with Crippen LogP contribution in [0.4, 0.5) is 10.9 Å². The van der Waals surface area contributed by atoms with E-state index in [1.807, 2.05) is 46.3 Å². The fourth-order valence-corrected chi connectivity index (χ4v) is 5.57. The van der Waals surface area contributed by atoms with Crippen LogP contribution in [0.15, 0.2) is 57.8 Å². The largest absolute Gasteiger partial charge is 0.453 e. The Morgan fingerprint density at radius 2 is 2.11 bits per heavy atom. The molecule has 0 radical (unpaired) electrons. The van der Waals surface area contributed by atoms with Crippen molar-refractivity contribution in [3.63, 3.8) is 0 Å². The van der Waals surface area contributed by atoms with Gasteiger partial charge in [0.05, 0.1) is 24.3 Å². The van der Waals surface area contributed by atoms with Gasteiger partial charge in [-0.2, -0.15) is 0 Å². The first-order chi connectivity index (χ1) is 17.6. The third kappa shape index (κ3) is 3.98. The average molecular weight is 499 g/mol. The van der Waals surface area contributed by atoms with Gasteiger partial charge >= 0.3 is 0 Å². The number of imidazole rings is 1. The fourth-order valence-electron chi connectivity index (χ4n) is 4.86. The van der Waals surface area contributed by atoms with E-state index in [4.69, 9.17) is 20.4 Å². The molecule has 2 aliphatic heterocycles. The summed E-state index contributed by atoms with van der Waals surface area (Å²) in [5.74, 6) is 8.29. The molecule has 9 heteroatoms. The van der Waals surface area contributed by atoms with Crippen molar-refractivity contribution in [2.75, 3.05) is 18.0 Å². The molecule has 6 rings (SSSR count). The van der Waals surface area contributed by atoms with Crippen molar-refractivity contribution >= 4 is 39.0 Å².